The molecule has 0 aliphatic carbocycles. The fraction of sp³-hybridized carbons (Fsp3) is 0.278. The third-order valence-electron chi connectivity index (χ3n) is 4.73. The van der Waals surface area contributed by atoms with Gasteiger partial charge in [0.15, 0.2) is 0 Å². The molecular formula is C18H15F3N6O2. The van der Waals surface area contributed by atoms with E-state index in [9.17, 15) is 22.8 Å². The van der Waals surface area contributed by atoms with Crippen LogP contribution in [0.2, 0.25) is 0 Å². The molecule has 1 aromatic heterocycles. The van der Waals surface area contributed by atoms with Gasteiger partial charge in [-0.25, -0.2) is 9.88 Å². The standard InChI is InChI=1S/C18H15F3N6O2/c19-18(20,21)12-1-3-13(4-2-12)27-15(28)11-14(16(27)29)25-7-9-26(10-8-25)17-22-5-6-23-24-17/h1-6,11H,7-10H2. The molecule has 0 radical (unpaired) electrons. The zero-order valence-electron chi connectivity index (χ0n) is 15.0. The number of hydrogen-bond acceptors (Lipinski definition) is 7. The highest BCUT2D eigenvalue weighted by Crippen LogP contribution is 2.32. The van der Waals surface area contributed by atoms with Crippen LogP contribution in [0, 0.1) is 0 Å². The zero-order chi connectivity index (χ0) is 20.6. The van der Waals surface area contributed by atoms with Gasteiger partial charge in [-0.2, -0.15) is 18.3 Å². The predicted octanol–water partition coefficient (Wildman–Crippen LogP) is 1.47. The number of carbonyl (C=O) groups is 2. The Morgan fingerprint density at radius 2 is 1.55 bits per heavy atom. The summed E-state index contributed by atoms with van der Waals surface area (Å²) in [6.07, 6.45) is -0.254. The highest BCUT2D eigenvalue weighted by atomic mass is 19.4. The Balaban J connectivity index is 1.45. The van der Waals surface area contributed by atoms with E-state index in [0.29, 0.717) is 32.1 Å². The summed E-state index contributed by atoms with van der Waals surface area (Å²) >= 11 is 0. The number of nitrogens with zero attached hydrogens (tertiary/aromatic N) is 6. The Labute approximate surface area is 163 Å². The van der Waals surface area contributed by atoms with Gasteiger partial charge < -0.3 is 9.80 Å². The number of carbonyl (C=O) groups excluding carboxylic acids is 2. The number of alkyl halides is 3. The molecule has 29 heavy (non-hydrogen) atoms. The van der Waals surface area contributed by atoms with E-state index in [1.807, 2.05) is 4.90 Å². The second-order valence-electron chi connectivity index (χ2n) is 6.47. The van der Waals surface area contributed by atoms with E-state index in [2.05, 4.69) is 15.2 Å². The monoisotopic (exact) mass is 404 g/mol. The molecule has 0 saturated carbocycles. The average molecular weight is 404 g/mol. The minimum absolute atomic E-state index is 0.0987. The van der Waals surface area contributed by atoms with Crippen LogP contribution in [-0.4, -0.2) is 58.1 Å². The number of anilines is 2. The number of amides is 2. The second-order valence-corrected chi connectivity index (χ2v) is 6.47. The summed E-state index contributed by atoms with van der Waals surface area (Å²) in [5.74, 6) is -0.648. The average Bonchev–Trinajstić information content (AvgIpc) is 3.02. The molecule has 2 amide bonds. The molecule has 0 unspecified atom stereocenters. The Kier molecular flexibility index (Phi) is 4.65. The van der Waals surface area contributed by atoms with Crippen molar-refractivity contribution in [3.8, 4) is 0 Å². The van der Waals surface area contributed by atoms with Crippen LogP contribution >= 0.6 is 0 Å². The third kappa shape index (κ3) is 3.62. The molecular weight excluding hydrogens is 389 g/mol. The molecule has 0 bridgehead atoms. The lowest BCUT2D eigenvalue weighted by Gasteiger charge is -2.35. The summed E-state index contributed by atoms with van der Waals surface area (Å²) in [7, 11) is 0. The van der Waals surface area contributed by atoms with Crippen molar-refractivity contribution in [3.63, 3.8) is 0 Å². The van der Waals surface area contributed by atoms with Crippen molar-refractivity contribution in [2.24, 2.45) is 0 Å². The lowest BCUT2D eigenvalue weighted by molar-refractivity contribution is -0.137. The van der Waals surface area contributed by atoms with Crippen LogP contribution < -0.4 is 9.80 Å². The number of hydrogen-bond donors (Lipinski definition) is 0. The molecule has 0 atom stereocenters. The van der Waals surface area contributed by atoms with Crippen molar-refractivity contribution in [2.45, 2.75) is 6.18 Å². The fourth-order valence-electron chi connectivity index (χ4n) is 3.26. The van der Waals surface area contributed by atoms with Crippen LogP contribution in [0.25, 0.3) is 0 Å². The molecule has 4 rings (SSSR count). The molecule has 8 nitrogen and oxygen atoms in total. The highest BCUT2D eigenvalue weighted by Gasteiger charge is 2.37. The normalized spacial score (nSPS) is 17.8. The summed E-state index contributed by atoms with van der Waals surface area (Å²) in [6.45, 7) is 1.99. The second kappa shape index (κ2) is 7.15. The molecule has 1 fully saturated rings. The van der Waals surface area contributed by atoms with Crippen molar-refractivity contribution in [1.29, 1.82) is 0 Å². The molecule has 2 aromatic rings. The van der Waals surface area contributed by atoms with E-state index in [4.69, 9.17) is 0 Å². The maximum Gasteiger partial charge on any atom is 0.416 e. The first-order valence-electron chi connectivity index (χ1n) is 8.75. The Hall–Kier alpha value is -3.50. The molecule has 3 heterocycles. The number of piperazine rings is 1. The summed E-state index contributed by atoms with van der Waals surface area (Å²) in [6, 6.07) is 3.93. The van der Waals surface area contributed by atoms with Crippen molar-refractivity contribution in [2.75, 3.05) is 36.0 Å². The maximum atomic E-state index is 12.8. The van der Waals surface area contributed by atoms with E-state index in [1.54, 1.807) is 11.1 Å². The third-order valence-corrected chi connectivity index (χ3v) is 4.73. The largest absolute Gasteiger partial charge is 0.416 e. The quantitative estimate of drug-likeness (QED) is 0.717. The number of aromatic nitrogens is 3. The van der Waals surface area contributed by atoms with Crippen LogP contribution in [0.5, 0.6) is 0 Å². The lowest BCUT2D eigenvalue weighted by atomic mass is 10.2. The molecule has 2 aliphatic heterocycles. The molecule has 11 heteroatoms. The summed E-state index contributed by atoms with van der Waals surface area (Å²) in [5.41, 5.74) is -0.523. The van der Waals surface area contributed by atoms with E-state index >= 15 is 0 Å². The van der Waals surface area contributed by atoms with Crippen molar-refractivity contribution >= 4 is 23.5 Å². The van der Waals surface area contributed by atoms with Gasteiger partial charge in [-0.05, 0) is 24.3 Å². The first kappa shape index (κ1) is 18.8. The first-order chi connectivity index (χ1) is 13.8. The Morgan fingerprint density at radius 3 is 2.14 bits per heavy atom. The van der Waals surface area contributed by atoms with Crippen molar-refractivity contribution in [1.82, 2.24) is 20.1 Å². The maximum absolute atomic E-state index is 12.8. The van der Waals surface area contributed by atoms with E-state index in [0.717, 1.165) is 29.2 Å². The fourth-order valence-corrected chi connectivity index (χ4v) is 3.26. The van der Waals surface area contributed by atoms with E-state index < -0.39 is 23.6 Å². The van der Waals surface area contributed by atoms with E-state index in [-0.39, 0.29) is 11.4 Å². The van der Waals surface area contributed by atoms with Crippen LogP contribution in [0.1, 0.15) is 5.56 Å². The van der Waals surface area contributed by atoms with Crippen molar-refractivity contribution < 1.29 is 22.8 Å². The minimum atomic E-state index is -4.49. The van der Waals surface area contributed by atoms with E-state index in [1.165, 1.54) is 12.3 Å². The van der Waals surface area contributed by atoms with Gasteiger partial charge in [-0.15, -0.1) is 5.10 Å². The molecule has 150 valence electrons. The number of rotatable bonds is 3. The summed E-state index contributed by atoms with van der Waals surface area (Å²) < 4.78 is 38.2. The van der Waals surface area contributed by atoms with Crippen LogP contribution in [-0.2, 0) is 15.8 Å². The summed E-state index contributed by atoms with van der Waals surface area (Å²) in [4.78, 5) is 33.8. The van der Waals surface area contributed by atoms with Gasteiger partial charge in [0.05, 0.1) is 23.6 Å². The minimum Gasteiger partial charge on any atom is -0.363 e. The summed E-state index contributed by atoms with van der Waals surface area (Å²) in [5, 5.41) is 7.74. The molecule has 0 N–H and O–H groups in total. The number of halogens is 3. The number of benzene rings is 1. The van der Waals surface area contributed by atoms with Crippen LogP contribution in [0.4, 0.5) is 24.8 Å². The first-order valence-corrected chi connectivity index (χ1v) is 8.75. The molecule has 1 saturated heterocycles. The highest BCUT2D eigenvalue weighted by molar-refractivity contribution is 6.30. The van der Waals surface area contributed by atoms with Gasteiger partial charge in [0.25, 0.3) is 11.8 Å². The topological polar surface area (TPSA) is 82.5 Å². The van der Waals surface area contributed by atoms with Crippen LogP contribution in [0.3, 0.4) is 0 Å². The molecule has 0 spiro atoms. The van der Waals surface area contributed by atoms with Gasteiger partial charge in [0.1, 0.15) is 5.70 Å². The predicted molar refractivity (Wildman–Crippen MR) is 95.6 cm³/mol. The van der Waals surface area contributed by atoms with Gasteiger partial charge in [-0.3, -0.25) is 9.59 Å². The smallest absolute Gasteiger partial charge is 0.363 e. The SMILES string of the molecule is O=C1C=C(N2CCN(c3nccnn3)CC2)C(=O)N1c1ccc(C(F)(F)F)cc1. The van der Waals surface area contributed by atoms with Crippen molar-refractivity contribution in [3.05, 3.63) is 54.0 Å². The zero-order valence-corrected chi connectivity index (χ0v) is 15.0. The number of imide groups is 1. The van der Waals surface area contributed by atoms with Gasteiger partial charge in [0, 0.05) is 32.3 Å². The van der Waals surface area contributed by atoms with Gasteiger partial charge in [-0.1, -0.05) is 0 Å². The molecule has 2 aliphatic rings. The van der Waals surface area contributed by atoms with Gasteiger partial charge in [0.2, 0.25) is 5.95 Å². The lowest BCUT2D eigenvalue weighted by Crippen LogP contribution is -2.48. The van der Waals surface area contributed by atoms with Crippen LogP contribution in [0.15, 0.2) is 48.4 Å². The Morgan fingerprint density at radius 1 is 0.897 bits per heavy atom. The van der Waals surface area contributed by atoms with Gasteiger partial charge >= 0.3 is 6.18 Å². The Bertz CT molecular complexity index is 954. The molecule has 1 aromatic carbocycles.